The molecule has 1 aromatic rings. The summed E-state index contributed by atoms with van der Waals surface area (Å²) >= 11 is 0. The first-order valence-electron chi connectivity index (χ1n) is 5.24. The normalized spacial score (nSPS) is 11.6. The molecule has 1 rings (SSSR count). The molecule has 0 fully saturated rings. The van der Waals surface area contributed by atoms with Crippen molar-refractivity contribution in [3.8, 4) is 0 Å². The van der Waals surface area contributed by atoms with Crippen LogP contribution in [0.5, 0.6) is 0 Å². The lowest BCUT2D eigenvalue weighted by atomic mass is 10.1. The Morgan fingerprint density at radius 1 is 1.29 bits per heavy atom. The quantitative estimate of drug-likeness (QED) is 0.864. The molecule has 0 bridgehead atoms. The molecule has 1 atom stereocenters. The van der Waals surface area contributed by atoms with Gasteiger partial charge in [0, 0.05) is 7.11 Å². The highest BCUT2D eigenvalue weighted by atomic mass is 16.5. The molecule has 1 aromatic carbocycles. The van der Waals surface area contributed by atoms with E-state index in [-0.39, 0.29) is 6.61 Å². The Morgan fingerprint density at radius 2 is 1.94 bits per heavy atom. The highest BCUT2D eigenvalue weighted by Gasteiger charge is 2.22. The van der Waals surface area contributed by atoms with Crippen LogP contribution in [-0.2, 0) is 14.3 Å². The summed E-state index contributed by atoms with van der Waals surface area (Å²) in [5.74, 6) is -0.544. The summed E-state index contributed by atoms with van der Waals surface area (Å²) in [5, 5.41) is 2.11. The van der Waals surface area contributed by atoms with Crippen molar-refractivity contribution in [3.63, 3.8) is 0 Å². The van der Waals surface area contributed by atoms with Crippen LogP contribution in [0.2, 0.25) is 0 Å². The molecule has 0 radical (unpaired) electrons. The lowest BCUT2D eigenvalue weighted by Crippen LogP contribution is -2.35. The van der Waals surface area contributed by atoms with E-state index in [0.29, 0.717) is 5.56 Å². The van der Waals surface area contributed by atoms with Crippen LogP contribution in [0.1, 0.15) is 18.6 Å². The Bertz CT molecular complexity index is 377. The fraction of sp³-hybridized carbons (Fsp3) is 0.333. The molecule has 2 amide bonds. The zero-order chi connectivity index (χ0) is 12.7. The number of amides is 2. The number of hydrogen-bond donors (Lipinski definition) is 1. The summed E-state index contributed by atoms with van der Waals surface area (Å²) in [5.41, 5.74) is 0.678. The van der Waals surface area contributed by atoms with Crippen molar-refractivity contribution in [2.75, 3.05) is 13.7 Å². The first-order chi connectivity index (χ1) is 8.19. The molecule has 0 aromatic heterocycles. The van der Waals surface area contributed by atoms with E-state index in [1.807, 2.05) is 6.07 Å². The van der Waals surface area contributed by atoms with Crippen LogP contribution in [0.4, 0.5) is 4.79 Å². The van der Waals surface area contributed by atoms with Gasteiger partial charge in [-0.25, -0.2) is 4.79 Å². The molecule has 1 N–H and O–H groups in total. The number of nitrogens with one attached hydrogen (secondary N) is 1. The minimum Gasteiger partial charge on any atom is -0.450 e. The van der Waals surface area contributed by atoms with Gasteiger partial charge in [0.05, 0.1) is 6.61 Å². The standard InChI is InChI=1S/C12H15NO4/c1-3-17-12(15)13-11(14)10(16-2)9-7-5-4-6-8-9/h4-8,10H,3H2,1-2H3,(H,13,14,15). The molecular formula is C12H15NO4. The van der Waals surface area contributed by atoms with Gasteiger partial charge in [-0.3, -0.25) is 10.1 Å². The highest BCUT2D eigenvalue weighted by Crippen LogP contribution is 2.15. The van der Waals surface area contributed by atoms with Crippen molar-refractivity contribution in [3.05, 3.63) is 35.9 Å². The van der Waals surface area contributed by atoms with Gasteiger partial charge in [0.2, 0.25) is 0 Å². The molecule has 92 valence electrons. The summed E-state index contributed by atoms with van der Waals surface area (Å²) < 4.78 is 9.67. The average molecular weight is 237 g/mol. The number of carbonyl (C=O) groups is 2. The maximum Gasteiger partial charge on any atom is 0.413 e. The molecule has 5 nitrogen and oxygen atoms in total. The molecule has 0 aliphatic rings. The predicted octanol–water partition coefficient (Wildman–Crippen LogP) is 1.65. The molecule has 0 aliphatic heterocycles. The first kappa shape index (κ1) is 13.2. The molecule has 0 aliphatic carbocycles. The van der Waals surface area contributed by atoms with Crippen LogP contribution in [-0.4, -0.2) is 25.7 Å². The van der Waals surface area contributed by atoms with Gasteiger partial charge >= 0.3 is 6.09 Å². The van der Waals surface area contributed by atoms with Gasteiger partial charge in [-0.05, 0) is 12.5 Å². The van der Waals surface area contributed by atoms with E-state index < -0.39 is 18.1 Å². The second-order valence-electron chi connectivity index (χ2n) is 3.24. The number of carbonyl (C=O) groups excluding carboxylic acids is 2. The minimum absolute atomic E-state index is 0.210. The third-order valence-electron chi connectivity index (χ3n) is 2.08. The fourth-order valence-electron chi connectivity index (χ4n) is 1.36. The second kappa shape index (κ2) is 6.65. The maximum atomic E-state index is 11.7. The van der Waals surface area contributed by atoms with Gasteiger partial charge < -0.3 is 9.47 Å². The zero-order valence-corrected chi connectivity index (χ0v) is 9.80. The number of benzene rings is 1. The van der Waals surface area contributed by atoms with Crippen molar-refractivity contribution < 1.29 is 19.1 Å². The predicted molar refractivity (Wildman–Crippen MR) is 61.4 cm³/mol. The Kier molecular flexibility index (Phi) is 5.16. The van der Waals surface area contributed by atoms with Crippen molar-refractivity contribution in [1.82, 2.24) is 5.32 Å². The molecule has 0 saturated carbocycles. The third-order valence-corrected chi connectivity index (χ3v) is 2.08. The molecule has 0 saturated heterocycles. The summed E-state index contributed by atoms with van der Waals surface area (Å²) in [7, 11) is 1.41. The lowest BCUT2D eigenvalue weighted by molar-refractivity contribution is -0.130. The SMILES string of the molecule is CCOC(=O)NC(=O)C(OC)c1ccccc1. The maximum absolute atomic E-state index is 11.7. The van der Waals surface area contributed by atoms with E-state index in [0.717, 1.165) is 0 Å². The van der Waals surface area contributed by atoms with E-state index in [1.165, 1.54) is 7.11 Å². The molecule has 1 unspecified atom stereocenters. The number of methoxy groups -OCH3 is 1. The van der Waals surface area contributed by atoms with E-state index in [4.69, 9.17) is 4.74 Å². The number of imide groups is 1. The summed E-state index contributed by atoms with van der Waals surface area (Å²) in [6, 6.07) is 8.91. The fourth-order valence-corrected chi connectivity index (χ4v) is 1.36. The lowest BCUT2D eigenvalue weighted by Gasteiger charge is -2.14. The number of alkyl carbamates (subject to hydrolysis) is 1. The van der Waals surface area contributed by atoms with Crippen LogP contribution in [0.25, 0.3) is 0 Å². The van der Waals surface area contributed by atoms with Crippen molar-refractivity contribution in [1.29, 1.82) is 0 Å². The number of ether oxygens (including phenoxy) is 2. The van der Waals surface area contributed by atoms with Crippen molar-refractivity contribution in [2.24, 2.45) is 0 Å². The molecule has 5 heteroatoms. The monoisotopic (exact) mass is 237 g/mol. The summed E-state index contributed by atoms with van der Waals surface area (Å²) in [6.07, 6.45) is -1.59. The van der Waals surface area contributed by atoms with E-state index in [1.54, 1.807) is 31.2 Å². The number of rotatable bonds is 4. The van der Waals surface area contributed by atoms with E-state index in [9.17, 15) is 9.59 Å². The molecule has 17 heavy (non-hydrogen) atoms. The summed E-state index contributed by atoms with van der Waals surface area (Å²) in [4.78, 5) is 22.8. The Labute approximate surface area is 99.7 Å². The Hall–Kier alpha value is -1.88. The minimum atomic E-state index is -0.819. The van der Waals surface area contributed by atoms with Gasteiger partial charge in [0.25, 0.3) is 5.91 Å². The van der Waals surface area contributed by atoms with Gasteiger partial charge in [0.1, 0.15) is 0 Å². The molecule has 0 spiro atoms. The van der Waals surface area contributed by atoms with E-state index >= 15 is 0 Å². The van der Waals surface area contributed by atoms with Crippen LogP contribution in [0.3, 0.4) is 0 Å². The molecule has 0 heterocycles. The highest BCUT2D eigenvalue weighted by molar-refractivity contribution is 5.94. The van der Waals surface area contributed by atoms with Crippen LogP contribution < -0.4 is 5.32 Å². The topological polar surface area (TPSA) is 64.6 Å². The smallest absolute Gasteiger partial charge is 0.413 e. The average Bonchev–Trinajstić information content (AvgIpc) is 2.31. The van der Waals surface area contributed by atoms with Crippen LogP contribution in [0.15, 0.2) is 30.3 Å². The van der Waals surface area contributed by atoms with Gasteiger partial charge in [-0.2, -0.15) is 0 Å². The van der Waals surface area contributed by atoms with Gasteiger partial charge in [-0.15, -0.1) is 0 Å². The largest absolute Gasteiger partial charge is 0.450 e. The Morgan fingerprint density at radius 3 is 2.47 bits per heavy atom. The second-order valence-corrected chi connectivity index (χ2v) is 3.24. The first-order valence-corrected chi connectivity index (χ1v) is 5.24. The zero-order valence-electron chi connectivity index (χ0n) is 9.80. The third kappa shape index (κ3) is 3.88. The van der Waals surface area contributed by atoms with Crippen molar-refractivity contribution >= 4 is 12.0 Å². The molecular weight excluding hydrogens is 222 g/mol. The van der Waals surface area contributed by atoms with Crippen LogP contribution >= 0.6 is 0 Å². The van der Waals surface area contributed by atoms with Gasteiger partial charge in [0.15, 0.2) is 6.10 Å². The van der Waals surface area contributed by atoms with Crippen LogP contribution in [0, 0.1) is 0 Å². The number of hydrogen-bond acceptors (Lipinski definition) is 4. The Balaban J connectivity index is 2.68. The summed E-state index contributed by atoms with van der Waals surface area (Å²) in [6.45, 7) is 1.87. The van der Waals surface area contributed by atoms with Crippen molar-refractivity contribution in [2.45, 2.75) is 13.0 Å². The van der Waals surface area contributed by atoms with Gasteiger partial charge in [-0.1, -0.05) is 30.3 Å². The van der Waals surface area contributed by atoms with E-state index in [2.05, 4.69) is 10.1 Å².